The average Bonchev–Trinajstić information content (AvgIpc) is 2.72. The highest BCUT2D eigenvalue weighted by atomic mass is 16.2. The van der Waals surface area contributed by atoms with Gasteiger partial charge in [0.15, 0.2) is 0 Å². The third-order valence-corrected chi connectivity index (χ3v) is 4.02. The van der Waals surface area contributed by atoms with Crippen LogP contribution in [0.1, 0.15) is 31.4 Å². The van der Waals surface area contributed by atoms with Gasteiger partial charge in [-0.3, -0.25) is 24.0 Å². The molecule has 0 saturated carbocycles. The number of aromatic nitrogens is 2. The van der Waals surface area contributed by atoms with E-state index in [-0.39, 0.29) is 18.0 Å². The summed E-state index contributed by atoms with van der Waals surface area (Å²) in [6.45, 7) is 4.39. The molecule has 1 aliphatic heterocycles. The van der Waals surface area contributed by atoms with E-state index in [9.17, 15) is 14.4 Å². The molecule has 1 unspecified atom stereocenters. The first-order valence-corrected chi connectivity index (χ1v) is 7.08. The zero-order valence-corrected chi connectivity index (χ0v) is 12.0. The van der Waals surface area contributed by atoms with Crippen molar-refractivity contribution in [1.29, 1.82) is 0 Å². The molecule has 0 spiro atoms. The third kappa shape index (κ3) is 1.98. The fourth-order valence-electron chi connectivity index (χ4n) is 3.04. The Morgan fingerprint density at radius 2 is 2.05 bits per heavy atom. The lowest BCUT2D eigenvalue weighted by Gasteiger charge is -2.21. The molecule has 1 aliphatic rings. The van der Waals surface area contributed by atoms with Gasteiger partial charge in [-0.2, -0.15) is 0 Å². The van der Waals surface area contributed by atoms with E-state index in [0.717, 1.165) is 16.6 Å². The van der Waals surface area contributed by atoms with Crippen molar-refractivity contribution in [1.82, 2.24) is 14.5 Å². The van der Waals surface area contributed by atoms with Crippen LogP contribution in [0.5, 0.6) is 0 Å². The van der Waals surface area contributed by atoms with E-state index >= 15 is 0 Å². The molecule has 6 nitrogen and oxygen atoms in total. The number of nitrogens with one attached hydrogen (secondary N) is 1. The summed E-state index contributed by atoms with van der Waals surface area (Å²) in [5.74, 6) is -0.676. The molecular weight excluding hydrogens is 270 g/mol. The smallest absolute Gasteiger partial charge is 0.295 e. The number of imidazole rings is 1. The summed E-state index contributed by atoms with van der Waals surface area (Å²) in [6, 6.07) is 5.05. The fraction of sp³-hybridized carbons (Fsp3) is 0.400. The summed E-state index contributed by atoms with van der Waals surface area (Å²) in [6.07, 6.45) is 0.620. The number of carbonyl (C=O) groups excluding carboxylic acids is 2. The summed E-state index contributed by atoms with van der Waals surface area (Å²) < 4.78 is 3.20. The second-order valence-electron chi connectivity index (χ2n) is 5.31. The van der Waals surface area contributed by atoms with E-state index in [2.05, 4.69) is 5.32 Å². The second-order valence-corrected chi connectivity index (χ2v) is 5.31. The molecule has 1 saturated heterocycles. The summed E-state index contributed by atoms with van der Waals surface area (Å²) in [5.41, 5.74) is 2.40. The molecule has 1 N–H and O–H groups in total. The minimum atomic E-state index is -0.618. The molecule has 2 amide bonds. The standard InChI is InChI=1S/C15H17N3O3/c1-3-17-13-9(2)5-4-6-10(13)18(15(17)21)11-7-8-12(19)16-14(11)20/h4-6,11H,3,7-8H2,1-2H3,(H,16,19,20). The lowest BCUT2D eigenvalue weighted by molar-refractivity contribution is -0.135. The quantitative estimate of drug-likeness (QED) is 0.841. The van der Waals surface area contributed by atoms with Gasteiger partial charge in [-0.15, -0.1) is 0 Å². The molecule has 0 radical (unpaired) electrons. The molecule has 1 fully saturated rings. The fourth-order valence-corrected chi connectivity index (χ4v) is 3.04. The number of piperidine rings is 1. The van der Waals surface area contributed by atoms with Crippen LogP contribution < -0.4 is 11.0 Å². The van der Waals surface area contributed by atoms with E-state index in [1.165, 1.54) is 4.57 Å². The number of para-hydroxylation sites is 1. The molecule has 3 rings (SSSR count). The SMILES string of the molecule is CCn1c(=O)n(C2CCC(=O)NC2=O)c2cccc(C)c21. The van der Waals surface area contributed by atoms with Gasteiger partial charge in [0.25, 0.3) is 0 Å². The lowest BCUT2D eigenvalue weighted by Crippen LogP contribution is -2.44. The molecule has 1 aromatic heterocycles. The monoisotopic (exact) mass is 287 g/mol. The van der Waals surface area contributed by atoms with Gasteiger partial charge < -0.3 is 0 Å². The van der Waals surface area contributed by atoms with E-state index in [4.69, 9.17) is 0 Å². The van der Waals surface area contributed by atoms with Crippen molar-refractivity contribution >= 4 is 22.8 Å². The van der Waals surface area contributed by atoms with Gasteiger partial charge in [-0.1, -0.05) is 12.1 Å². The highest BCUT2D eigenvalue weighted by Crippen LogP contribution is 2.24. The van der Waals surface area contributed by atoms with Crippen molar-refractivity contribution in [2.75, 3.05) is 0 Å². The number of hydrogen-bond donors (Lipinski definition) is 1. The maximum absolute atomic E-state index is 12.7. The Kier molecular flexibility index (Phi) is 3.16. The highest BCUT2D eigenvalue weighted by molar-refractivity contribution is 6.00. The van der Waals surface area contributed by atoms with Crippen LogP contribution in [0.4, 0.5) is 0 Å². The van der Waals surface area contributed by atoms with Crippen LogP contribution in [0, 0.1) is 6.92 Å². The molecule has 0 aliphatic carbocycles. The van der Waals surface area contributed by atoms with Crippen molar-refractivity contribution in [3.05, 3.63) is 34.2 Å². The number of fused-ring (bicyclic) bond motifs is 1. The van der Waals surface area contributed by atoms with Gasteiger partial charge in [-0.25, -0.2) is 4.79 Å². The first-order valence-electron chi connectivity index (χ1n) is 7.08. The van der Waals surface area contributed by atoms with Crippen LogP contribution >= 0.6 is 0 Å². The Bertz CT molecular complexity index is 800. The van der Waals surface area contributed by atoms with Crippen molar-refractivity contribution in [2.45, 2.75) is 39.3 Å². The lowest BCUT2D eigenvalue weighted by atomic mass is 10.1. The van der Waals surface area contributed by atoms with Crippen LogP contribution in [0.3, 0.4) is 0 Å². The summed E-state index contributed by atoms with van der Waals surface area (Å²) in [5, 5.41) is 2.31. The number of benzene rings is 1. The van der Waals surface area contributed by atoms with Crippen molar-refractivity contribution in [3.63, 3.8) is 0 Å². The minimum Gasteiger partial charge on any atom is -0.295 e. The number of rotatable bonds is 2. The Labute approximate surface area is 121 Å². The predicted octanol–water partition coefficient (Wildman–Crippen LogP) is 1.11. The zero-order valence-electron chi connectivity index (χ0n) is 12.0. The third-order valence-electron chi connectivity index (χ3n) is 4.02. The first kappa shape index (κ1) is 13.6. The molecule has 6 heteroatoms. The van der Waals surface area contributed by atoms with Gasteiger partial charge >= 0.3 is 5.69 Å². The maximum atomic E-state index is 12.7. The van der Waals surface area contributed by atoms with E-state index in [0.29, 0.717) is 13.0 Å². The molecule has 21 heavy (non-hydrogen) atoms. The average molecular weight is 287 g/mol. The summed E-state index contributed by atoms with van der Waals surface area (Å²) in [4.78, 5) is 36.0. The van der Waals surface area contributed by atoms with Crippen LogP contribution in [-0.4, -0.2) is 20.9 Å². The van der Waals surface area contributed by atoms with E-state index in [1.54, 1.807) is 4.57 Å². The Balaban J connectivity index is 2.26. The maximum Gasteiger partial charge on any atom is 0.329 e. The topological polar surface area (TPSA) is 73.1 Å². The van der Waals surface area contributed by atoms with Crippen LogP contribution in [0.15, 0.2) is 23.0 Å². The van der Waals surface area contributed by atoms with Crippen molar-refractivity contribution in [2.24, 2.45) is 0 Å². The molecular formula is C15H17N3O3. The molecule has 0 bridgehead atoms. The largest absolute Gasteiger partial charge is 0.329 e. The number of carbonyl (C=O) groups is 2. The second kappa shape index (κ2) is 4.87. The van der Waals surface area contributed by atoms with Crippen molar-refractivity contribution < 1.29 is 9.59 Å². The van der Waals surface area contributed by atoms with E-state index in [1.807, 2.05) is 32.0 Å². The minimum absolute atomic E-state index is 0.198. The number of nitrogens with zero attached hydrogens (tertiary/aromatic N) is 2. The molecule has 2 heterocycles. The number of amides is 2. The van der Waals surface area contributed by atoms with E-state index < -0.39 is 11.9 Å². The van der Waals surface area contributed by atoms with Crippen molar-refractivity contribution in [3.8, 4) is 0 Å². The highest BCUT2D eigenvalue weighted by Gasteiger charge is 2.31. The Morgan fingerprint density at radius 3 is 2.71 bits per heavy atom. The van der Waals surface area contributed by atoms with Gasteiger partial charge in [0.2, 0.25) is 11.8 Å². The van der Waals surface area contributed by atoms with Crippen LogP contribution in [0.25, 0.3) is 11.0 Å². The van der Waals surface area contributed by atoms with Gasteiger partial charge in [0.1, 0.15) is 6.04 Å². The first-order chi connectivity index (χ1) is 10.0. The molecule has 2 aromatic rings. The number of hydrogen-bond acceptors (Lipinski definition) is 3. The zero-order chi connectivity index (χ0) is 15.1. The summed E-state index contributed by atoms with van der Waals surface area (Å²) >= 11 is 0. The number of imide groups is 1. The summed E-state index contributed by atoms with van der Waals surface area (Å²) in [7, 11) is 0. The molecule has 110 valence electrons. The Morgan fingerprint density at radius 1 is 1.29 bits per heavy atom. The molecule has 1 aromatic carbocycles. The Hall–Kier alpha value is -2.37. The number of aryl methyl sites for hydroxylation is 2. The molecule has 1 atom stereocenters. The normalized spacial score (nSPS) is 19.0. The predicted molar refractivity (Wildman–Crippen MR) is 78.0 cm³/mol. The van der Waals surface area contributed by atoms with Gasteiger partial charge in [0, 0.05) is 13.0 Å². The van der Waals surface area contributed by atoms with Crippen LogP contribution in [-0.2, 0) is 16.1 Å². The van der Waals surface area contributed by atoms with Gasteiger partial charge in [-0.05, 0) is 31.9 Å². The van der Waals surface area contributed by atoms with Gasteiger partial charge in [0.05, 0.1) is 11.0 Å². The van der Waals surface area contributed by atoms with Crippen LogP contribution in [0.2, 0.25) is 0 Å².